The molecule has 20 heavy (non-hydrogen) atoms. The van der Waals surface area contributed by atoms with Gasteiger partial charge in [-0.15, -0.1) is 0 Å². The van der Waals surface area contributed by atoms with E-state index in [-0.39, 0.29) is 0 Å². The molecule has 3 N–H and O–H groups in total. The van der Waals surface area contributed by atoms with Crippen molar-refractivity contribution in [1.29, 1.82) is 0 Å². The summed E-state index contributed by atoms with van der Waals surface area (Å²) in [6.07, 6.45) is 4.07. The summed E-state index contributed by atoms with van der Waals surface area (Å²) in [6.45, 7) is 12.1. The van der Waals surface area contributed by atoms with E-state index in [0.717, 1.165) is 32.1 Å². The third-order valence-electron chi connectivity index (χ3n) is 4.80. The third kappa shape index (κ3) is 4.63. The minimum Gasteiger partial charge on any atom is -0.370 e. The van der Waals surface area contributed by atoms with E-state index in [1.807, 2.05) is 0 Å². The predicted molar refractivity (Wildman–Crippen MR) is 85.0 cm³/mol. The molecule has 1 heterocycles. The summed E-state index contributed by atoms with van der Waals surface area (Å²) in [5.74, 6) is 1.44. The van der Waals surface area contributed by atoms with Crippen molar-refractivity contribution in [3.63, 3.8) is 0 Å². The molecule has 1 unspecified atom stereocenters. The van der Waals surface area contributed by atoms with Gasteiger partial charge in [-0.05, 0) is 32.2 Å². The largest absolute Gasteiger partial charge is 0.370 e. The average Bonchev–Trinajstić information content (AvgIpc) is 2.43. The first-order valence-corrected chi connectivity index (χ1v) is 8.19. The zero-order chi connectivity index (χ0) is 14.4. The van der Waals surface area contributed by atoms with Gasteiger partial charge in [-0.1, -0.05) is 13.3 Å². The Morgan fingerprint density at radius 3 is 2.55 bits per heavy atom. The van der Waals surface area contributed by atoms with Crippen molar-refractivity contribution in [2.45, 2.75) is 39.2 Å². The van der Waals surface area contributed by atoms with Crippen LogP contribution in [0.1, 0.15) is 33.1 Å². The average molecular weight is 281 g/mol. The molecule has 2 fully saturated rings. The molecule has 2 aliphatic rings. The van der Waals surface area contributed by atoms with Crippen molar-refractivity contribution in [2.24, 2.45) is 16.6 Å². The quantitative estimate of drug-likeness (QED) is 0.556. The molecule has 5 nitrogen and oxygen atoms in total. The summed E-state index contributed by atoms with van der Waals surface area (Å²) in [6, 6.07) is 0.484. The molecule has 0 bridgehead atoms. The normalized spacial score (nSPS) is 24.4. The Morgan fingerprint density at radius 1 is 1.30 bits per heavy atom. The fourth-order valence-corrected chi connectivity index (χ4v) is 2.87. The van der Waals surface area contributed by atoms with E-state index in [2.05, 4.69) is 34.0 Å². The highest BCUT2D eigenvalue weighted by atomic mass is 15.3. The number of piperazine rings is 1. The van der Waals surface area contributed by atoms with Gasteiger partial charge in [0.25, 0.3) is 0 Å². The number of hydrogen-bond acceptors (Lipinski definition) is 3. The second-order valence-corrected chi connectivity index (χ2v) is 6.22. The SMILES string of the molecule is CCN1CCN(C(C)CN=C(N)NCC2CCC2)CC1. The number of hydrogen-bond donors (Lipinski definition) is 2. The van der Waals surface area contributed by atoms with Crippen LogP contribution >= 0.6 is 0 Å². The van der Waals surface area contributed by atoms with Crippen LogP contribution in [0.2, 0.25) is 0 Å². The monoisotopic (exact) mass is 281 g/mol. The standard InChI is InChI=1S/C15H31N5/c1-3-19-7-9-20(10-8-19)13(2)11-17-15(16)18-12-14-5-4-6-14/h13-14H,3-12H2,1-2H3,(H3,16,17,18). The Bertz CT molecular complexity index is 305. The molecule has 0 aromatic heterocycles. The maximum Gasteiger partial charge on any atom is 0.188 e. The lowest BCUT2D eigenvalue weighted by Gasteiger charge is -2.37. The van der Waals surface area contributed by atoms with Crippen LogP contribution < -0.4 is 11.1 Å². The summed E-state index contributed by atoms with van der Waals surface area (Å²) in [4.78, 5) is 9.52. The van der Waals surface area contributed by atoms with E-state index in [4.69, 9.17) is 5.73 Å². The molecule has 0 amide bonds. The molecule has 2 rings (SSSR count). The summed E-state index contributed by atoms with van der Waals surface area (Å²) in [7, 11) is 0. The highest BCUT2D eigenvalue weighted by Gasteiger charge is 2.20. The van der Waals surface area contributed by atoms with Crippen LogP contribution in [0.25, 0.3) is 0 Å². The van der Waals surface area contributed by atoms with Crippen molar-refractivity contribution in [1.82, 2.24) is 15.1 Å². The Balaban J connectivity index is 1.64. The highest BCUT2D eigenvalue weighted by molar-refractivity contribution is 5.77. The number of aliphatic imine (C=N–C) groups is 1. The molecular formula is C15H31N5. The van der Waals surface area contributed by atoms with Crippen LogP contribution in [-0.2, 0) is 0 Å². The molecule has 1 aliphatic carbocycles. The van der Waals surface area contributed by atoms with Gasteiger partial charge in [-0.2, -0.15) is 0 Å². The zero-order valence-electron chi connectivity index (χ0n) is 13.1. The Hall–Kier alpha value is -0.810. The van der Waals surface area contributed by atoms with E-state index in [0.29, 0.717) is 12.0 Å². The van der Waals surface area contributed by atoms with Crippen LogP contribution in [0.4, 0.5) is 0 Å². The smallest absolute Gasteiger partial charge is 0.188 e. The minimum absolute atomic E-state index is 0.484. The number of guanidine groups is 1. The lowest BCUT2D eigenvalue weighted by Crippen LogP contribution is -2.50. The van der Waals surface area contributed by atoms with Crippen LogP contribution in [0, 0.1) is 5.92 Å². The van der Waals surface area contributed by atoms with Gasteiger partial charge in [0.1, 0.15) is 0 Å². The van der Waals surface area contributed by atoms with Gasteiger partial charge in [-0.25, -0.2) is 0 Å². The van der Waals surface area contributed by atoms with Crippen LogP contribution in [0.3, 0.4) is 0 Å². The van der Waals surface area contributed by atoms with Crippen LogP contribution in [0.15, 0.2) is 4.99 Å². The fourth-order valence-electron chi connectivity index (χ4n) is 2.87. The highest BCUT2D eigenvalue weighted by Crippen LogP contribution is 2.24. The van der Waals surface area contributed by atoms with Crippen molar-refractivity contribution >= 4 is 5.96 Å². The van der Waals surface area contributed by atoms with E-state index < -0.39 is 0 Å². The molecule has 1 saturated heterocycles. The predicted octanol–water partition coefficient (Wildman–Crippen LogP) is 0.717. The van der Waals surface area contributed by atoms with Gasteiger partial charge in [0.05, 0.1) is 6.54 Å². The third-order valence-corrected chi connectivity index (χ3v) is 4.80. The van der Waals surface area contributed by atoms with Gasteiger partial charge in [0.2, 0.25) is 0 Å². The van der Waals surface area contributed by atoms with Crippen LogP contribution in [-0.4, -0.2) is 67.6 Å². The number of rotatable bonds is 6. The summed E-state index contributed by atoms with van der Waals surface area (Å²) < 4.78 is 0. The van der Waals surface area contributed by atoms with Crippen LogP contribution in [0.5, 0.6) is 0 Å². The van der Waals surface area contributed by atoms with E-state index in [9.17, 15) is 0 Å². The lowest BCUT2D eigenvalue weighted by molar-refractivity contribution is 0.109. The lowest BCUT2D eigenvalue weighted by atomic mass is 9.85. The van der Waals surface area contributed by atoms with Crippen molar-refractivity contribution in [3.05, 3.63) is 0 Å². The van der Waals surface area contributed by atoms with Gasteiger partial charge < -0.3 is 16.0 Å². The summed E-state index contributed by atoms with van der Waals surface area (Å²) in [5, 5.41) is 3.26. The topological polar surface area (TPSA) is 56.9 Å². The summed E-state index contributed by atoms with van der Waals surface area (Å²) >= 11 is 0. The maximum absolute atomic E-state index is 5.93. The number of nitrogens with zero attached hydrogens (tertiary/aromatic N) is 3. The number of nitrogens with two attached hydrogens (primary N) is 1. The second-order valence-electron chi connectivity index (χ2n) is 6.22. The molecule has 0 aromatic rings. The molecule has 0 aromatic carbocycles. The number of likely N-dealkylation sites (N-methyl/N-ethyl adjacent to an activating group) is 1. The molecular weight excluding hydrogens is 250 g/mol. The number of nitrogens with one attached hydrogen (secondary N) is 1. The summed E-state index contributed by atoms with van der Waals surface area (Å²) in [5.41, 5.74) is 5.93. The molecule has 116 valence electrons. The van der Waals surface area contributed by atoms with E-state index in [1.54, 1.807) is 0 Å². The van der Waals surface area contributed by atoms with Gasteiger partial charge in [0.15, 0.2) is 5.96 Å². The fraction of sp³-hybridized carbons (Fsp3) is 0.933. The molecule has 5 heteroatoms. The molecule has 0 radical (unpaired) electrons. The first-order chi connectivity index (χ1) is 9.69. The first-order valence-electron chi connectivity index (χ1n) is 8.19. The first kappa shape index (κ1) is 15.6. The maximum atomic E-state index is 5.93. The van der Waals surface area contributed by atoms with Crippen molar-refractivity contribution < 1.29 is 0 Å². The van der Waals surface area contributed by atoms with Gasteiger partial charge in [0, 0.05) is 38.8 Å². The van der Waals surface area contributed by atoms with Crippen molar-refractivity contribution in [3.8, 4) is 0 Å². The molecule has 1 atom stereocenters. The Kier molecular flexibility index (Phi) is 6.10. The zero-order valence-corrected chi connectivity index (χ0v) is 13.1. The van der Waals surface area contributed by atoms with Gasteiger partial charge >= 0.3 is 0 Å². The second kappa shape index (κ2) is 7.84. The van der Waals surface area contributed by atoms with Gasteiger partial charge in [-0.3, -0.25) is 9.89 Å². The van der Waals surface area contributed by atoms with Crippen molar-refractivity contribution in [2.75, 3.05) is 45.8 Å². The molecule has 0 spiro atoms. The van der Waals surface area contributed by atoms with E-state index in [1.165, 1.54) is 38.9 Å². The minimum atomic E-state index is 0.484. The molecule has 1 aliphatic heterocycles. The Morgan fingerprint density at radius 2 is 2.00 bits per heavy atom. The Labute approximate surface area is 123 Å². The van der Waals surface area contributed by atoms with E-state index >= 15 is 0 Å². The molecule has 1 saturated carbocycles.